The van der Waals surface area contributed by atoms with Gasteiger partial charge in [0.1, 0.15) is 0 Å². The highest BCUT2D eigenvalue weighted by atomic mass is 15.3. The van der Waals surface area contributed by atoms with Crippen LogP contribution in [0.1, 0.15) is 13.3 Å². The van der Waals surface area contributed by atoms with E-state index in [0.29, 0.717) is 0 Å². The van der Waals surface area contributed by atoms with Gasteiger partial charge in [-0.25, -0.2) is 4.52 Å². The Bertz CT molecular complexity index is 488. The van der Waals surface area contributed by atoms with Gasteiger partial charge in [0.25, 0.3) is 0 Å². The molecule has 0 spiro atoms. The number of nitrogens with one attached hydrogen (secondary N) is 1. The van der Waals surface area contributed by atoms with Gasteiger partial charge in [-0.15, -0.1) is 5.10 Å². The second-order valence-corrected chi connectivity index (χ2v) is 4.87. The minimum Gasteiger partial charge on any atom is -0.353 e. The lowest BCUT2D eigenvalue weighted by Gasteiger charge is -2.12. The number of hydrogen-bond acceptors (Lipinski definition) is 4. The van der Waals surface area contributed by atoms with Crippen molar-refractivity contribution in [2.24, 2.45) is 5.92 Å². The summed E-state index contributed by atoms with van der Waals surface area (Å²) < 4.78 is 1.80. The third-order valence-electron chi connectivity index (χ3n) is 3.61. The molecule has 0 amide bonds. The van der Waals surface area contributed by atoms with E-state index >= 15 is 0 Å². The van der Waals surface area contributed by atoms with Gasteiger partial charge in [0, 0.05) is 19.3 Å². The number of rotatable bonds is 4. The molecule has 96 valence electrons. The van der Waals surface area contributed by atoms with E-state index in [0.717, 1.165) is 30.6 Å². The maximum absolute atomic E-state index is 4.44. The third kappa shape index (κ3) is 2.31. The fourth-order valence-corrected chi connectivity index (χ4v) is 2.51. The van der Waals surface area contributed by atoms with E-state index in [1.165, 1.54) is 19.5 Å². The minimum atomic E-state index is 0.719. The maximum Gasteiger partial charge on any atom is 0.243 e. The van der Waals surface area contributed by atoms with Gasteiger partial charge in [0.15, 0.2) is 5.65 Å². The Morgan fingerprint density at radius 3 is 3.17 bits per heavy atom. The first-order chi connectivity index (χ1) is 8.85. The van der Waals surface area contributed by atoms with E-state index in [-0.39, 0.29) is 0 Å². The van der Waals surface area contributed by atoms with Crippen LogP contribution in [0.4, 0.5) is 5.95 Å². The Morgan fingerprint density at radius 2 is 2.39 bits per heavy atom. The van der Waals surface area contributed by atoms with Crippen LogP contribution in [-0.4, -0.2) is 45.7 Å². The number of aromatic nitrogens is 3. The zero-order chi connectivity index (χ0) is 12.4. The van der Waals surface area contributed by atoms with Gasteiger partial charge < -0.3 is 10.2 Å². The Balaban J connectivity index is 1.60. The summed E-state index contributed by atoms with van der Waals surface area (Å²) in [5, 5.41) is 7.74. The molecule has 0 aliphatic carbocycles. The lowest BCUT2D eigenvalue weighted by Crippen LogP contribution is -2.22. The molecule has 3 heterocycles. The summed E-state index contributed by atoms with van der Waals surface area (Å²) in [5.41, 5.74) is 0.890. The summed E-state index contributed by atoms with van der Waals surface area (Å²) in [6, 6.07) is 5.90. The van der Waals surface area contributed by atoms with Crippen molar-refractivity contribution in [1.29, 1.82) is 0 Å². The molecule has 5 nitrogen and oxygen atoms in total. The van der Waals surface area contributed by atoms with E-state index in [9.17, 15) is 0 Å². The maximum atomic E-state index is 4.44. The van der Waals surface area contributed by atoms with Gasteiger partial charge in [0.05, 0.1) is 0 Å². The van der Waals surface area contributed by atoms with Gasteiger partial charge in [-0.2, -0.15) is 4.98 Å². The van der Waals surface area contributed by atoms with Gasteiger partial charge >= 0.3 is 0 Å². The molecule has 1 fully saturated rings. The molecule has 0 saturated carbocycles. The van der Waals surface area contributed by atoms with Crippen molar-refractivity contribution < 1.29 is 0 Å². The van der Waals surface area contributed by atoms with Crippen LogP contribution in [0.5, 0.6) is 0 Å². The Kier molecular flexibility index (Phi) is 3.15. The molecule has 0 radical (unpaired) electrons. The third-order valence-corrected chi connectivity index (χ3v) is 3.61. The Morgan fingerprint density at radius 1 is 1.44 bits per heavy atom. The number of hydrogen-bond donors (Lipinski definition) is 1. The average Bonchev–Trinajstić information content (AvgIpc) is 3.02. The average molecular weight is 245 g/mol. The standard InChI is InChI=1S/C13H19N5/c1-2-17-8-6-11(10-17)9-14-13-15-12-5-3-4-7-18(12)16-13/h3-5,7,11H,2,6,8-10H2,1H3,(H,14,16). The van der Waals surface area contributed by atoms with Crippen molar-refractivity contribution in [3.05, 3.63) is 24.4 Å². The van der Waals surface area contributed by atoms with Crippen LogP contribution in [0.3, 0.4) is 0 Å². The molecule has 1 unspecified atom stereocenters. The highest BCUT2D eigenvalue weighted by Gasteiger charge is 2.21. The Hall–Kier alpha value is -1.62. The predicted molar refractivity (Wildman–Crippen MR) is 71.7 cm³/mol. The molecule has 1 atom stereocenters. The van der Waals surface area contributed by atoms with Crippen molar-refractivity contribution in [1.82, 2.24) is 19.5 Å². The summed E-state index contributed by atoms with van der Waals surface area (Å²) >= 11 is 0. The first-order valence-electron chi connectivity index (χ1n) is 6.63. The molecule has 3 rings (SSSR count). The van der Waals surface area contributed by atoms with E-state index < -0.39 is 0 Å². The molecule has 0 bridgehead atoms. The zero-order valence-corrected chi connectivity index (χ0v) is 10.7. The van der Waals surface area contributed by atoms with Gasteiger partial charge in [-0.05, 0) is 37.6 Å². The molecular formula is C13H19N5. The van der Waals surface area contributed by atoms with Gasteiger partial charge in [-0.3, -0.25) is 0 Å². The topological polar surface area (TPSA) is 45.5 Å². The second kappa shape index (κ2) is 4.94. The number of likely N-dealkylation sites (tertiary alicyclic amines) is 1. The number of fused-ring (bicyclic) bond motifs is 1. The van der Waals surface area contributed by atoms with Crippen molar-refractivity contribution in [3.63, 3.8) is 0 Å². The van der Waals surface area contributed by atoms with Crippen LogP contribution in [0, 0.1) is 5.92 Å². The monoisotopic (exact) mass is 245 g/mol. The highest BCUT2D eigenvalue weighted by molar-refractivity contribution is 5.42. The predicted octanol–water partition coefficient (Wildman–Crippen LogP) is 1.48. The molecule has 1 N–H and O–H groups in total. The first-order valence-corrected chi connectivity index (χ1v) is 6.63. The largest absolute Gasteiger partial charge is 0.353 e. The summed E-state index contributed by atoms with van der Waals surface area (Å²) in [6.45, 7) is 6.76. The number of nitrogens with zero attached hydrogens (tertiary/aromatic N) is 4. The van der Waals surface area contributed by atoms with E-state index in [1.807, 2.05) is 24.4 Å². The zero-order valence-electron chi connectivity index (χ0n) is 10.7. The lowest BCUT2D eigenvalue weighted by atomic mass is 10.1. The second-order valence-electron chi connectivity index (χ2n) is 4.87. The minimum absolute atomic E-state index is 0.719. The molecule has 2 aromatic rings. The summed E-state index contributed by atoms with van der Waals surface area (Å²) in [6.07, 6.45) is 3.19. The fourth-order valence-electron chi connectivity index (χ4n) is 2.51. The Labute approximate surface area is 107 Å². The van der Waals surface area contributed by atoms with Crippen LogP contribution in [0.15, 0.2) is 24.4 Å². The summed E-state index contributed by atoms with van der Waals surface area (Å²) in [5.74, 6) is 1.45. The van der Waals surface area contributed by atoms with E-state index in [2.05, 4.69) is 27.2 Å². The highest BCUT2D eigenvalue weighted by Crippen LogP contribution is 2.16. The van der Waals surface area contributed by atoms with E-state index in [4.69, 9.17) is 0 Å². The number of pyridine rings is 1. The van der Waals surface area contributed by atoms with Crippen molar-refractivity contribution in [2.75, 3.05) is 31.5 Å². The number of anilines is 1. The SMILES string of the molecule is CCN1CCC(CNc2nc3ccccn3n2)C1. The first kappa shape index (κ1) is 11.5. The van der Waals surface area contributed by atoms with Crippen molar-refractivity contribution in [2.45, 2.75) is 13.3 Å². The molecular weight excluding hydrogens is 226 g/mol. The van der Waals surface area contributed by atoms with Gasteiger partial charge in [0.2, 0.25) is 5.95 Å². The van der Waals surface area contributed by atoms with E-state index in [1.54, 1.807) is 4.52 Å². The molecule has 1 aliphatic rings. The fraction of sp³-hybridized carbons (Fsp3) is 0.538. The van der Waals surface area contributed by atoms with Crippen LogP contribution in [0.25, 0.3) is 5.65 Å². The molecule has 5 heteroatoms. The summed E-state index contributed by atoms with van der Waals surface area (Å²) in [7, 11) is 0. The van der Waals surface area contributed by atoms with Crippen LogP contribution >= 0.6 is 0 Å². The molecule has 1 saturated heterocycles. The quantitative estimate of drug-likeness (QED) is 0.886. The lowest BCUT2D eigenvalue weighted by molar-refractivity contribution is 0.345. The van der Waals surface area contributed by atoms with Crippen LogP contribution < -0.4 is 5.32 Å². The van der Waals surface area contributed by atoms with Gasteiger partial charge in [-0.1, -0.05) is 13.0 Å². The smallest absolute Gasteiger partial charge is 0.243 e. The van der Waals surface area contributed by atoms with Crippen LogP contribution in [-0.2, 0) is 0 Å². The molecule has 0 aromatic carbocycles. The summed E-state index contributed by atoms with van der Waals surface area (Å²) in [4.78, 5) is 6.93. The normalized spacial score (nSPS) is 20.6. The van der Waals surface area contributed by atoms with Crippen LogP contribution in [0.2, 0.25) is 0 Å². The molecule has 2 aromatic heterocycles. The molecule has 18 heavy (non-hydrogen) atoms. The van der Waals surface area contributed by atoms with Crippen molar-refractivity contribution >= 4 is 11.6 Å². The van der Waals surface area contributed by atoms with Crippen molar-refractivity contribution in [3.8, 4) is 0 Å². The molecule has 1 aliphatic heterocycles.